The summed E-state index contributed by atoms with van der Waals surface area (Å²) in [4.78, 5) is 0. The fraction of sp³-hybridized carbons (Fsp3) is 1.00. The highest BCUT2D eigenvalue weighted by molar-refractivity contribution is 4.95. The zero-order valence-electron chi connectivity index (χ0n) is 11.3. The summed E-state index contributed by atoms with van der Waals surface area (Å²) >= 11 is 0. The van der Waals surface area contributed by atoms with Crippen LogP contribution in [0.3, 0.4) is 0 Å². The van der Waals surface area contributed by atoms with E-state index in [0.717, 1.165) is 0 Å². The van der Waals surface area contributed by atoms with E-state index in [-0.39, 0.29) is 0 Å². The summed E-state index contributed by atoms with van der Waals surface area (Å²) in [6.45, 7) is 3.68. The van der Waals surface area contributed by atoms with Crippen LogP contribution in [-0.4, -0.2) is 44.2 Å². The van der Waals surface area contributed by atoms with Gasteiger partial charge in [-0.05, 0) is 31.7 Å². The Morgan fingerprint density at radius 3 is 2.74 bits per heavy atom. The van der Waals surface area contributed by atoms with Crippen molar-refractivity contribution in [3.05, 3.63) is 0 Å². The molecule has 1 spiro atoms. The molecule has 0 bridgehead atoms. The monoisotopic (exact) mass is 281 g/mol. The van der Waals surface area contributed by atoms with Gasteiger partial charge in [0.15, 0.2) is 0 Å². The van der Waals surface area contributed by atoms with Gasteiger partial charge in [-0.25, -0.2) is 0 Å². The summed E-state index contributed by atoms with van der Waals surface area (Å²) in [5, 5.41) is 2.66. The molecule has 0 saturated carbocycles. The number of hydrogen-bond donors (Lipinski definition) is 1. The Kier molecular flexibility index (Phi) is 4.74. The molecule has 2 saturated heterocycles. The fourth-order valence-corrected chi connectivity index (χ4v) is 3.06. The number of nitrogens with one attached hydrogen (secondary N) is 1. The molecule has 0 aromatic heterocycles. The van der Waals surface area contributed by atoms with Crippen LogP contribution in [0.15, 0.2) is 0 Å². The maximum atomic E-state index is 13.2. The smallest absolute Gasteiger partial charge is 0.378 e. The van der Waals surface area contributed by atoms with Gasteiger partial charge in [-0.1, -0.05) is 6.92 Å². The molecule has 19 heavy (non-hydrogen) atoms. The lowest BCUT2D eigenvalue weighted by atomic mass is 9.81. The van der Waals surface area contributed by atoms with Crippen molar-refractivity contribution in [2.45, 2.75) is 50.4 Å². The molecule has 1 N–H and O–H groups in total. The average molecular weight is 281 g/mol. The van der Waals surface area contributed by atoms with Gasteiger partial charge >= 0.3 is 6.18 Å². The molecule has 0 radical (unpaired) electrons. The van der Waals surface area contributed by atoms with Crippen LogP contribution >= 0.6 is 0 Å². The van der Waals surface area contributed by atoms with E-state index in [1.165, 1.54) is 0 Å². The Morgan fingerprint density at radius 2 is 2.16 bits per heavy atom. The van der Waals surface area contributed by atoms with Crippen molar-refractivity contribution < 1.29 is 22.6 Å². The fourth-order valence-electron chi connectivity index (χ4n) is 3.06. The van der Waals surface area contributed by atoms with E-state index in [1.807, 2.05) is 6.92 Å². The van der Waals surface area contributed by atoms with Crippen LogP contribution in [0.2, 0.25) is 0 Å². The first kappa shape index (κ1) is 15.1. The molecule has 0 aromatic rings. The van der Waals surface area contributed by atoms with Crippen molar-refractivity contribution in [1.29, 1.82) is 0 Å². The van der Waals surface area contributed by atoms with Crippen LogP contribution in [-0.2, 0) is 9.47 Å². The van der Waals surface area contributed by atoms with Crippen LogP contribution in [0.5, 0.6) is 0 Å². The molecule has 2 heterocycles. The second kappa shape index (κ2) is 5.97. The molecule has 0 amide bonds. The van der Waals surface area contributed by atoms with Crippen molar-refractivity contribution in [3.63, 3.8) is 0 Å². The van der Waals surface area contributed by atoms with Crippen LogP contribution in [0, 0.1) is 5.92 Å². The number of rotatable bonds is 4. The summed E-state index contributed by atoms with van der Waals surface area (Å²) in [7, 11) is 0. The molecule has 3 nitrogen and oxygen atoms in total. The quantitative estimate of drug-likeness (QED) is 0.859. The minimum absolute atomic E-state index is 0.394. The molecule has 3 unspecified atom stereocenters. The molecule has 2 aliphatic heterocycles. The average Bonchev–Trinajstić information content (AvgIpc) is 2.76. The van der Waals surface area contributed by atoms with Crippen molar-refractivity contribution >= 4 is 0 Å². The minimum Gasteiger partial charge on any atom is -0.378 e. The Hall–Kier alpha value is -0.330. The largest absolute Gasteiger partial charge is 0.404 e. The second-order valence-corrected chi connectivity index (χ2v) is 5.56. The van der Waals surface area contributed by atoms with E-state index in [0.29, 0.717) is 52.0 Å². The third-order valence-electron chi connectivity index (χ3n) is 4.04. The maximum absolute atomic E-state index is 13.2. The van der Waals surface area contributed by atoms with Gasteiger partial charge in [-0.2, -0.15) is 13.2 Å². The van der Waals surface area contributed by atoms with Gasteiger partial charge in [0.1, 0.15) is 6.04 Å². The van der Waals surface area contributed by atoms with Gasteiger partial charge in [-0.15, -0.1) is 0 Å². The molecule has 3 atom stereocenters. The standard InChI is InChI=1S/C13H22F3NO2/c1-2-5-17-11(13(14,15)16)10-3-6-19-12(8-10)4-7-18-9-12/h10-11,17H,2-9H2,1H3. The Balaban J connectivity index is 2.03. The zero-order valence-corrected chi connectivity index (χ0v) is 11.3. The topological polar surface area (TPSA) is 30.5 Å². The van der Waals surface area contributed by atoms with Crippen molar-refractivity contribution in [3.8, 4) is 0 Å². The Bertz CT molecular complexity index is 290. The van der Waals surface area contributed by atoms with Crippen LogP contribution in [0.4, 0.5) is 13.2 Å². The summed E-state index contributed by atoms with van der Waals surface area (Å²) in [6.07, 6.45) is -1.89. The highest BCUT2D eigenvalue weighted by Crippen LogP contribution is 2.40. The third kappa shape index (κ3) is 3.61. The van der Waals surface area contributed by atoms with Crippen LogP contribution in [0.25, 0.3) is 0 Å². The van der Waals surface area contributed by atoms with Gasteiger partial charge in [0, 0.05) is 19.6 Å². The first-order valence-electron chi connectivity index (χ1n) is 6.99. The lowest BCUT2D eigenvalue weighted by molar-refractivity contribution is -0.187. The van der Waals surface area contributed by atoms with Gasteiger partial charge < -0.3 is 14.8 Å². The summed E-state index contributed by atoms with van der Waals surface area (Å²) in [5.41, 5.74) is -0.472. The minimum atomic E-state index is -4.20. The predicted octanol–water partition coefficient (Wildman–Crippen LogP) is 2.50. The lowest BCUT2D eigenvalue weighted by Gasteiger charge is -2.41. The van der Waals surface area contributed by atoms with Crippen molar-refractivity contribution in [1.82, 2.24) is 5.32 Å². The predicted molar refractivity (Wildman–Crippen MR) is 65.0 cm³/mol. The third-order valence-corrected chi connectivity index (χ3v) is 4.04. The molecule has 112 valence electrons. The van der Waals surface area contributed by atoms with E-state index in [4.69, 9.17) is 9.47 Å². The zero-order chi connectivity index (χ0) is 13.9. The highest BCUT2D eigenvalue weighted by atomic mass is 19.4. The molecular weight excluding hydrogens is 259 g/mol. The Morgan fingerprint density at radius 1 is 1.37 bits per heavy atom. The summed E-state index contributed by atoms with van der Waals surface area (Å²) in [6, 6.07) is -1.42. The van der Waals surface area contributed by atoms with Gasteiger partial charge in [0.25, 0.3) is 0 Å². The number of hydrogen-bond acceptors (Lipinski definition) is 3. The van der Waals surface area contributed by atoms with E-state index in [1.54, 1.807) is 0 Å². The lowest BCUT2D eigenvalue weighted by Crippen LogP contribution is -2.53. The second-order valence-electron chi connectivity index (χ2n) is 5.56. The molecule has 0 aliphatic carbocycles. The molecule has 0 aromatic carbocycles. The van der Waals surface area contributed by atoms with E-state index in [9.17, 15) is 13.2 Å². The first-order chi connectivity index (χ1) is 8.97. The molecule has 6 heteroatoms. The number of alkyl halides is 3. The maximum Gasteiger partial charge on any atom is 0.404 e. The molecule has 2 aliphatic rings. The highest BCUT2D eigenvalue weighted by Gasteiger charge is 2.50. The molecule has 2 fully saturated rings. The number of halogens is 3. The number of ether oxygens (including phenoxy) is 2. The summed E-state index contributed by atoms with van der Waals surface area (Å²) in [5.74, 6) is -0.415. The van der Waals surface area contributed by atoms with E-state index >= 15 is 0 Å². The Labute approximate surface area is 111 Å². The summed E-state index contributed by atoms with van der Waals surface area (Å²) < 4.78 is 50.5. The van der Waals surface area contributed by atoms with E-state index < -0.39 is 23.7 Å². The molecular formula is C13H22F3NO2. The van der Waals surface area contributed by atoms with E-state index in [2.05, 4.69) is 5.32 Å². The van der Waals surface area contributed by atoms with Gasteiger partial charge in [0.2, 0.25) is 0 Å². The van der Waals surface area contributed by atoms with Gasteiger partial charge in [0.05, 0.1) is 12.2 Å². The van der Waals surface area contributed by atoms with Gasteiger partial charge in [-0.3, -0.25) is 0 Å². The first-order valence-corrected chi connectivity index (χ1v) is 6.99. The molecule has 2 rings (SSSR count). The van der Waals surface area contributed by atoms with Crippen molar-refractivity contribution in [2.75, 3.05) is 26.4 Å². The normalized spacial score (nSPS) is 33.8. The SMILES string of the molecule is CCCNC(C1CCOC2(CCOC2)C1)C(F)(F)F. The van der Waals surface area contributed by atoms with Crippen molar-refractivity contribution in [2.24, 2.45) is 5.92 Å². The van der Waals surface area contributed by atoms with Crippen LogP contribution < -0.4 is 5.32 Å². The van der Waals surface area contributed by atoms with Crippen LogP contribution in [0.1, 0.15) is 32.6 Å².